The maximum Gasteiger partial charge on any atom is 0.274 e. The van der Waals surface area contributed by atoms with Gasteiger partial charge in [0.2, 0.25) is 0 Å². The third-order valence-corrected chi connectivity index (χ3v) is 3.77. The second-order valence-corrected chi connectivity index (χ2v) is 5.64. The van der Waals surface area contributed by atoms with Gasteiger partial charge in [0.05, 0.1) is 37.1 Å². The monoisotopic (exact) mass is 388 g/mol. The van der Waals surface area contributed by atoms with E-state index in [9.17, 15) is 20.0 Å². The maximum absolute atomic E-state index is 12.2. The highest BCUT2D eigenvalue weighted by Crippen LogP contribution is 2.33. The van der Waals surface area contributed by atoms with Crippen LogP contribution in [-0.2, 0) is 4.79 Å². The largest absolute Gasteiger partial charge is 0.504 e. The van der Waals surface area contributed by atoms with Crippen molar-refractivity contribution in [2.45, 2.75) is 13.0 Å². The summed E-state index contributed by atoms with van der Waals surface area (Å²) in [5.41, 5.74) is 2.69. The molecule has 1 atom stereocenters. The van der Waals surface area contributed by atoms with E-state index in [-0.39, 0.29) is 22.7 Å². The number of rotatable bonds is 8. The van der Waals surface area contributed by atoms with Crippen molar-refractivity contribution in [2.24, 2.45) is 5.10 Å². The van der Waals surface area contributed by atoms with Crippen molar-refractivity contribution >= 4 is 23.5 Å². The Morgan fingerprint density at radius 2 is 1.93 bits per heavy atom. The summed E-state index contributed by atoms with van der Waals surface area (Å²) in [4.78, 5) is 22.5. The summed E-state index contributed by atoms with van der Waals surface area (Å²) in [6, 6.07) is 8.67. The number of carbonyl (C=O) groups excluding carboxylic acids is 1. The second-order valence-electron chi connectivity index (χ2n) is 5.64. The van der Waals surface area contributed by atoms with E-state index in [0.717, 1.165) is 18.3 Å². The molecule has 2 aromatic carbocycles. The van der Waals surface area contributed by atoms with Crippen LogP contribution < -0.4 is 20.2 Å². The van der Waals surface area contributed by atoms with Gasteiger partial charge in [-0.1, -0.05) is 12.1 Å². The molecule has 28 heavy (non-hydrogen) atoms. The topological polar surface area (TPSA) is 135 Å². The van der Waals surface area contributed by atoms with Crippen LogP contribution in [0.4, 0.5) is 11.4 Å². The Morgan fingerprint density at radius 3 is 2.57 bits per heavy atom. The summed E-state index contributed by atoms with van der Waals surface area (Å²) < 4.78 is 10.1. The number of hydrazone groups is 1. The quantitative estimate of drug-likeness (QED) is 0.358. The predicted molar refractivity (Wildman–Crippen MR) is 103 cm³/mol. The molecule has 0 saturated carbocycles. The number of nitrogens with one attached hydrogen (secondary N) is 2. The van der Waals surface area contributed by atoms with E-state index in [1.807, 2.05) is 0 Å². The van der Waals surface area contributed by atoms with Crippen molar-refractivity contribution in [2.75, 3.05) is 19.5 Å². The number of nitrogens with zero attached hydrogens (tertiary/aromatic N) is 2. The Balaban J connectivity index is 2.08. The van der Waals surface area contributed by atoms with E-state index in [4.69, 9.17) is 9.47 Å². The molecule has 2 rings (SSSR count). The molecule has 0 aromatic heterocycles. The van der Waals surface area contributed by atoms with Crippen LogP contribution in [-0.4, -0.2) is 42.4 Å². The minimum absolute atomic E-state index is 0.0247. The lowest BCUT2D eigenvalue weighted by Crippen LogP contribution is -2.35. The number of amides is 1. The van der Waals surface area contributed by atoms with Crippen molar-refractivity contribution in [3.8, 4) is 17.2 Å². The zero-order valence-electron chi connectivity index (χ0n) is 15.5. The Kier molecular flexibility index (Phi) is 6.74. The van der Waals surface area contributed by atoms with Crippen molar-refractivity contribution < 1.29 is 24.3 Å². The van der Waals surface area contributed by atoms with Crippen LogP contribution in [0.2, 0.25) is 0 Å². The number of phenols is 1. The normalized spacial score (nSPS) is 11.7. The number of phenolic OH excluding ortho intramolecular Hbond substituents is 1. The molecule has 2 aromatic rings. The van der Waals surface area contributed by atoms with Gasteiger partial charge in [0.25, 0.3) is 11.6 Å². The molecule has 0 heterocycles. The van der Waals surface area contributed by atoms with E-state index < -0.39 is 16.9 Å². The average Bonchev–Trinajstić information content (AvgIpc) is 2.69. The van der Waals surface area contributed by atoms with Gasteiger partial charge in [0.15, 0.2) is 11.5 Å². The molecule has 3 N–H and O–H groups in total. The van der Waals surface area contributed by atoms with E-state index in [0.29, 0.717) is 11.4 Å². The van der Waals surface area contributed by atoms with Crippen LogP contribution in [0.3, 0.4) is 0 Å². The van der Waals surface area contributed by atoms with E-state index in [2.05, 4.69) is 15.8 Å². The Bertz CT molecular complexity index is 900. The number of nitro benzene ring substituents is 1. The summed E-state index contributed by atoms with van der Waals surface area (Å²) in [5.74, 6) is -0.280. The molecule has 0 aliphatic rings. The fourth-order valence-electron chi connectivity index (χ4n) is 2.30. The Hall–Kier alpha value is -3.82. The first-order valence-corrected chi connectivity index (χ1v) is 8.15. The van der Waals surface area contributed by atoms with Gasteiger partial charge in [-0.3, -0.25) is 14.9 Å². The van der Waals surface area contributed by atoms with Gasteiger partial charge in [-0.2, -0.15) is 5.10 Å². The molecule has 0 bridgehead atoms. The lowest BCUT2D eigenvalue weighted by molar-refractivity contribution is -0.385. The molecule has 1 amide bonds. The smallest absolute Gasteiger partial charge is 0.274 e. The van der Waals surface area contributed by atoms with Crippen LogP contribution in [0.1, 0.15) is 12.5 Å². The highest BCUT2D eigenvalue weighted by molar-refractivity contribution is 5.89. The van der Waals surface area contributed by atoms with Crippen molar-refractivity contribution in [1.82, 2.24) is 5.43 Å². The second kappa shape index (κ2) is 9.21. The van der Waals surface area contributed by atoms with Crippen molar-refractivity contribution in [3.05, 3.63) is 52.1 Å². The molecule has 0 radical (unpaired) electrons. The van der Waals surface area contributed by atoms with Crippen LogP contribution in [0.15, 0.2) is 41.5 Å². The molecule has 148 valence electrons. The molecule has 0 fully saturated rings. The van der Waals surface area contributed by atoms with Gasteiger partial charge >= 0.3 is 0 Å². The Morgan fingerprint density at radius 1 is 1.25 bits per heavy atom. The number of methoxy groups -OCH3 is 2. The molecule has 0 spiro atoms. The minimum atomic E-state index is -0.651. The van der Waals surface area contributed by atoms with E-state index >= 15 is 0 Å². The summed E-state index contributed by atoms with van der Waals surface area (Å²) in [6.45, 7) is 1.63. The van der Waals surface area contributed by atoms with Gasteiger partial charge in [0.1, 0.15) is 11.8 Å². The van der Waals surface area contributed by atoms with Crippen LogP contribution in [0.5, 0.6) is 17.2 Å². The fraction of sp³-hybridized carbons (Fsp3) is 0.222. The number of aromatic hydroxyl groups is 1. The number of para-hydroxylation sites is 2. The summed E-state index contributed by atoms with van der Waals surface area (Å²) in [6.07, 6.45) is 1.10. The number of hydrogen-bond acceptors (Lipinski definition) is 8. The molecule has 10 nitrogen and oxygen atoms in total. The molecule has 10 heteroatoms. The van der Waals surface area contributed by atoms with Gasteiger partial charge in [-0.05, 0) is 19.1 Å². The lowest BCUT2D eigenvalue weighted by Gasteiger charge is -2.15. The Labute approximate surface area is 160 Å². The SMILES string of the molecule is COc1ccccc1N[C@@H](C)C(=O)N/N=C\c1cc([N+](=O)[O-])cc(OC)c1O. The first-order chi connectivity index (χ1) is 13.4. The zero-order chi connectivity index (χ0) is 20.7. The highest BCUT2D eigenvalue weighted by atomic mass is 16.6. The molecule has 0 unspecified atom stereocenters. The third-order valence-electron chi connectivity index (χ3n) is 3.77. The van der Waals surface area contributed by atoms with Gasteiger partial charge in [-0.15, -0.1) is 0 Å². The zero-order valence-corrected chi connectivity index (χ0v) is 15.5. The standard InChI is InChI=1S/C18H20N4O6/c1-11(20-14-6-4-5-7-15(14)27-2)18(24)21-19-10-12-8-13(22(25)26)9-16(28-3)17(12)23/h4-11,20,23H,1-3H3,(H,21,24)/b19-10-/t11-/m0/s1. The van der Waals surface area contributed by atoms with Crippen LogP contribution in [0, 0.1) is 10.1 Å². The summed E-state index contributed by atoms with van der Waals surface area (Å²) >= 11 is 0. The number of anilines is 1. The number of non-ortho nitro benzene ring substituents is 1. The third kappa shape index (κ3) is 4.87. The number of hydrogen-bond donors (Lipinski definition) is 3. The van der Waals surface area contributed by atoms with Gasteiger partial charge in [0, 0.05) is 11.6 Å². The van der Waals surface area contributed by atoms with Crippen LogP contribution >= 0.6 is 0 Å². The lowest BCUT2D eigenvalue weighted by atomic mass is 10.2. The molecular formula is C18H20N4O6. The minimum Gasteiger partial charge on any atom is -0.504 e. The number of nitro groups is 1. The number of benzene rings is 2. The molecular weight excluding hydrogens is 368 g/mol. The highest BCUT2D eigenvalue weighted by Gasteiger charge is 2.17. The fourth-order valence-corrected chi connectivity index (χ4v) is 2.30. The molecule has 0 saturated heterocycles. The predicted octanol–water partition coefficient (Wildman–Crippen LogP) is 2.27. The van der Waals surface area contributed by atoms with Gasteiger partial charge in [-0.25, -0.2) is 5.43 Å². The molecule has 0 aliphatic heterocycles. The maximum atomic E-state index is 12.2. The van der Waals surface area contributed by atoms with E-state index in [1.54, 1.807) is 31.2 Å². The first-order valence-electron chi connectivity index (χ1n) is 8.15. The average molecular weight is 388 g/mol. The van der Waals surface area contributed by atoms with E-state index in [1.165, 1.54) is 14.2 Å². The van der Waals surface area contributed by atoms with Crippen LogP contribution in [0.25, 0.3) is 0 Å². The number of carbonyl (C=O) groups is 1. The van der Waals surface area contributed by atoms with Gasteiger partial charge < -0.3 is 19.9 Å². The summed E-state index contributed by atoms with van der Waals surface area (Å²) in [5, 5.41) is 27.8. The molecule has 0 aliphatic carbocycles. The summed E-state index contributed by atoms with van der Waals surface area (Å²) in [7, 11) is 2.79. The van der Waals surface area contributed by atoms with Crippen molar-refractivity contribution in [1.29, 1.82) is 0 Å². The van der Waals surface area contributed by atoms with Crippen molar-refractivity contribution in [3.63, 3.8) is 0 Å². The first kappa shape index (κ1) is 20.5. The number of ether oxygens (including phenoxy) is 2.